The van der Waals surface area contributed by atoms with Gasteiger partial charge in [0, 0.05) is 19.0 Å². The van der Waals surface area contributed by atoms with Crippen LogP contribution in [0, 0.1) is 5.92 Å². The summed E-state index contributed by atoms with van der Waals surface area (Å²) >= 11 is 0. The molecule has 1 saturated heterocycles. The van der Waals surface area contributed by atoms with Crippen molar-refractivity contribution >= 4 is 17.8 Å². The summed E-state index contributed by atoms with van der Waals surface area (Å²) in [5.74, 6) is 0.147. The molecule has 20 heavy (non-hydrogen) atoms. The highest BCUT2D eigenvalue weighted by Gasteiger charge is 2.28. The van der Waals surface area contributed by atoms with Crippen LogP contribution >= 0.6 is 0 Å². The van der Waals surface area contributed by atoms with Crippen molar-refractivity contribution in [1.29, 1.82) is 0 Å². The van der Waals surface area contributed by atoms with E-state index in [2.05, 4.69) is 17.6 Å². The first-order chi connectivity index (χ1) is 9.60. The van der Waals surface area contributed by atoms with Gasteiger partial charge in [-0.2, -0.15) is 0 Å². The Hall–Kier alpha value is -1.59. The third-order valence-corrected chi connectivity index (χ3v) is 4.26. The molecule has 6 nitrogen and oxygen atoms in total. The van der Waals surface area contributed by atoms with Crippen LogP contribution < -0.4 is 10.6 Å². The van der Waals surface area contributed by atoms with Gasteiger partial charge in [-0.25, -0.2) is 4.79 Å². The van der Waals surface area contributed by atoms with Crippen molar-refractivity contribution in [1.82, 2.24) is 15.5 Å². The third kappa shape index (κ3) is 3.71. The number of amides is 4. The Morgan fingerprint density at radius 3 is 2.80 bits per heavy atom. The maximum Gasteiger partial charge on any atom is 0.324 e. The van der Waals surface area contributed by atoms with Crippen LogP contribution in [0.25, 0.3) is 0 Å². The van der Waals surface area contributed by atoms with Crippen LogP contribution in [0.4, 0.5) is 4.79 Å². The molecule has 1 aliphatic carbocycles. The number of rotatable bonds is 4. The Kier molecular flexibility index (Phi) is 4.98. The van der Waals surface area contributed by atoms with E-state index in [0.717, 1.165) is 19.3 Å². The molecule has 1 heterocycles. The minimum Gasteiger partial charge on any atom is -0.352 e. The SMILES string of the molecule is CC[C@@H]1CCCC[C@@H]1NC(=O)CN1CCC(=O)NC1=O. The predicted octanol–water partition coefficient (Wildman–Crippen LogP) is 1.01. The maximum absolute atomic E-state index is 12.1. The van der Waals surface area contributed by atoms with E-state index in [1.165, 1.54) is 17.7 Å². The van der Waals surface area contributed by atoms with Crippen LogP contribution in [0.5, 0.6) is 0 Å². The summed E-state index contributed by atoms with van der Waals surface area (Å²) < 4.78 is 0. The van der Waals surface area contributed by atoms with E-state index in [1.54, 1.807) is 0 Å². The zero-order valence-corrected chi connectivity index (χ0v) is 12.0. The molecule has 2 atom stereocenters. The molecule has 0 aromatic rings. The monoisotopic (exact) mass is 281 g/mol. The van der Waals surface area contributed by atoms with E-state index >= 15 is 0 Å². The average molecular weight is 281 g/mol. The minimum atomic E-state index is -0.466. The summed E-state index contributed by atoms with van der Waals surface area (Å²) in [5, 5.41) is 5.28. The molecule has 112 valence electrons. The standard InChI is InChI=1S/C14H23N3O3/c1-2-10-5-3-4-6-11(10)15-13(19)9-17-8-7-12(18)16-14(17)20/h10-11H,2-9H2,1H3,(H,15,19)(H,16,18,20)/t10-,11+/m1/s1. The number of carbonyl (C=O) groups excluding carboxylic acids is 3. The summed E-state index contributed by atoms with van der Waals surface area (Å²) in [6.45, 7) is 2.50. The van der Waals surface area contributed by atoms with E-state index in [0.29, 0.717) is 12.5 Å². The fourth-order valence-electron chi connectivity index (χ4n) is 3.06. The van der Waals surface area contributed by atoms with Gasteiger partial charge in [-0.15, -0.1) is 0 Å². The number of imide groups is 1. The zero-order valence-electron chi connectivity index (χ0n) is 12.0. The largest absolute Gasteiger partial charge is 0.352 e. The number of nitrogens with zero attached hydrogens (tertiary/aromatic N) is 1. The second-order valence-corrected chi connectivity index (χ2v) is 5.65. The van der Waals surface area contributed by atoms with Crippen molar-refractivity contribution in [2.45, 2.75) is 51.5 Å². The summed E-state index contributed by atoms with van der Waals surface area (Å²) in [6.07, 6.45) is 5.92. The number of hydrogen-bond acceptors (Lipinski definition) is 3. The predicted molar refractivity (Wildman–Crippen MR) is 73.9 cm³/mol. The molecule has 2 rings (SSSR count). The van der Waals surface area contributed by atoms with Crippen molar-refractivity contribution in [3.05, 3.63) is 0 Å². The lowest BCUT2D eigenvalue weighted by Gasteiger charge is -2.32. The van der Waals surface area contributed by atoms with Crippen LogP contribution in [0.1, 0.15) is 45.4 Å². The molecule has 1 saturated carbocycles. The molecule has 0 aromatic heterocycles. The molecule has 0 aromatic carbocycles. The van der Waals surface area contributed by atoms with Gasteiger partial charge in [-0.05, 0) is 18.8 Å². The number of urea groups is 1. The van der Waals surface area contributed by atoms with Crippen molar-refractivity contribution in [2.75, 3.05) is 13.1 Å². The lowest BCUT2D eigenvalue weighted by Crippen LogP contribution is -2.53. The highest BCUT2D eigenvalue weighted by atomic mass is 16.2. The van der Waals surface area contributed by atoms with E-state index in [4.69, 9.17) is 0 Å². The molecular weight excluding hydrogens is 258 g/mol. The van der Waals surface area contributed by atoms with Crippen molar-refractivity contribution in [2.24, 2.45) is 5.92 Å². The molecule has 0 radical (unpaired) electrons. The first kappa shape index (κ1) is 14.8. The lowest BCUT2D eigenvalue weighted by atomic mass is 9.83. The Morgan fingerprint density at radius 2 is 2.10 bits per heavy atom. The molecule has 1 aliphatic heterocycles. The normalized spacial score (nSPS) is 27.1. The molecule has 0 bridgehead atoms. The first-order valence-corrected chi connectivity index (χ1v) is 7.48. The third-order valence-electron chi connectivity index (χ3n) is 4.26. The topological polar surface area (TPSA) is 78.5 Å². The molecule has 2 N–H and O–H groups in total. The quantitative estimate of drug-likeness (QED) is 0.807. The van der Waals surface area contributed by atoms with Crippen LogP contribution in [0.3, 0.4) is 0 Å². The molecule has 6 heteroatoms. The van der Waals surface area contributed by atoms with E-state index in [9.17, 15) is 14.4 Å². The Labute approximate surface area is 119 Å². The van der Waals surface area contributed by atoms with Gasteiger partial charge in [0.15, 0.2) is 0 Å². The summed E-state index contributed by atoms with van der Waals surface area (Å²) in [4.78, 5) is 36.1. The van der Waals surface area contributed by atoms with Gasteiger partial charge in [0.05, 0.1) is 0 Å². The first-order valence-electron chi connectivity index (χ1n) is 7.48. The minimum absolute atomic E-state index is 0.0338. The molecule has 2 fully saturated rings. The van der Waals surface area contributed by atoms with Gasteiger partial charge in [-0.1, -0.05) is 26.2 Å². The van der Waals surface area contributed by atoms with Crippen LogP contribution in [0.15, 0.2) is 0 Å². The number of hydrogen-bond donors (Lipinski definition) is 2. The molecule has 0 spiro atoms. The molecular formula is C14H23N3O3. The van der Waals surface area contributed by atoms with Gasteiger partial charge in [0.1, 0.15) is 6.54 Å². The Bertz CT molecular complexity index is 397. The molecule has 4 amide bonds. The second kappa shape index (κ2) is 6.72. The van der Waals surface area contributed by atoms with E-state index in [-0.39, 0.29) is 30.8 Å². The number of nitrogens with one attached hydrogen (secondary N) is 2. The van der Waals surface area contributed by atoms with Crippen molar-refractivity contribution < 1.29 is 14.4 Å². The molecule has 0 unspecified atom stereocenters. The van der Waals surface area contributed by atoms with Crippen molar-refractivity contribution in [3.63, 3.8) is 0 Å². The summed E-state index contributed by atoms with van der Waals surface area (Å²) in [7, 11) is 0. The maximum atomic E-state index is 12.1. The van der Waals surface area contributed by atoms with Crippen LogP contribution in [-0.4, -0.2) is 41.9 Å². The van der Waals surface area contributed by atoms with Crippen molar-refractivity contribution in [3.8, 4) is 0 Å². The Balaban J connectivity index is 1.82. The van der Waals surface area contributed by atoms with Gasteiger partial charge < -0.3 is 10.2 Å². The highest BCUT2D eigenvalue weighted by molar-refractivity contribution is 5.98. The summed E-state index contributed by atoms with van der Waals surface area (Å²) in [6, 6.07) is -0.234. The highest BCUT2D eigenvalue weighted by Crippen LogP contribution is 2.26. The fourth-order valence-corrected chi connectivity index (χ4v) is 3.06. The smallest absolute Gasteiger partial charge is 0.324 e. The summed E-state index contributed by atoms with van der Waals surface area (Å²) in [5.41, 5.74) is 0. The van der Waals surface area contributed by atoms with Gasteiger partial charge >= 0.3 is 6.03 Å². The Morgan fingerprint density at radius 1 is 1.35 bits per heavy atom. The van der Waals surface area contributed by atoms with Crippen LogP contribution in [0.2, 0.25) is 0 Å². The van der Waals surface area contributed by atoms with Gasteiger partial charge in [-0.3, -0.25) is 14.9 Å². The van der Waals surface area contributed by atoms with E-state index in [1.807, 2.05) is 0 Å². The lowest BCUT2D eigenvalue weighted by molar-refractivity contribution is -0.125. The second-order valence-electron chi connectivity index (χ2n) is 5.65. The van der Waals surface area contributed by atoms with Gasteiger partial charge in [0.2, 0.25) is 11.8 Å². The zero-order chi connectivity index (χ0) is 14.5. The number of carbonyl (C=O) groups is 3. The van der Waals surface area contributed by atoms with Crippen LogP contribution in [-0.2, 0) is 9.59 Å². The van der Waals surface area contributed by atoms with Gasteiger partial charge in [0.25, 0.3) is 0 Å². The van der Waals surface area contributed by atoms with E-state index < -0.39 is 6.03 Å². The fraction of sp³-hybridized carbons (Fsp3) is 0.786. The molecule has 2 aliphatic rings. The average Bonchev–Trinajstić information content (AvgIpc) is 2.42.